The molecule has 1 aromatic heterocycles. The summed E-state index contributed by atoms with van der Waals surface area (Å²) in [6, 6.07) is 4.44. The fourth-order valence-corrected chi connectivity index (χ4v) is 2.14. The first-order valence-electron chi connectivity index (χ1n) is 6.25. The summed E-state index contributed by atoms with van der Waals surface area (Å²) in [5.41, 5.74) is 11.5. The van der Waals surface area contributed by atoms with Gasteiger partial charge in [-0.1, -0.05) is 26.0 Å². The fraction of sp³-hybridized carbons (Fsp3) is 0.400. The van der Waals surface area contributed by atoms with Gasteiger partial charge in [-0.3, -0.25) is 0 Å². The first-order valence-corrected chi connectivity index (χ1v) is 6.25. The maximum absolute atomic E-state index is 5.69. The number of hydrogen-bond donors (Lipinski definition) is 1. The third-order valence-electron chi connectivity index (χ3n) is 3.52. The number of benzene rings is 1. The van der Waals surface area contributed by atoms with Crippen molar-refractivity contribution in [1.82, 2.24) is 4.98 Å². The number of nitrogen functional groups attached to an aromatic ring is 1. The second kappa shape index (κ2) is 4.48. The second-order valence-corrected chi connectivity index (χ2v) is 5.10. The molecule has 0 radical (unpaired) electrons. The summed E-state index contributed by atoms with van der Waals surface area (Å²) in [6.45, 7) is 10.5. The lowest BCUT2D eigenvalue weighted by molar-refractivity contribution is 0.591. The van der Waals surface area contributed by atoms with Gasteiger partial charge in [-0.05, 0) is 43.4 Å². The van der Waals surface area contributed by atoms with Crippen LogP contribution in [0.2, 0.25) is 0 Å². The van der Waals surface area contributed by atoms with Gasteiger partial charge in [0.15, 0.2) is 5.76 Å². The molecule has 96 valence electrons. The maximum Gasteiger partial charge on any atom is 0.292 e. The predicted octanol–water partition coefficient (Wildman–Crippen LogP) is 3.97. The van der Waals surface area contributed by atoms with Crippen LogP contribution in [0.3, 0.4) is 0 Å². The van der Waals surface area contributed by atoms with Crippen molar-refractivity contribution in [3.63, 3.8) is 0 Å². The number of aryl methyl sites for hydroxylation is 1. The highest BCUT2D eigenvalue weighted by molar-refractivity contribution is 5.67. The van der Waals surface area contributed by atoms with Crippen LogP contribution in [-0.2, 0) is 0 Å². The number of anilines is 1. The standard InChI is InChI=1S/C15H20N2O/c1-8(2)13-14(18-15(16)17-13)12-7-6-9(3)10(4)11(12)5/h6-8H,1-5H3,(H2,16,17). The highest BCUT2D eigenvalue weighted by Gasteiger charge is 2.18. The van der Waals surface area contributed by atoms with Gasteiger partial charge >= 0.3 is 0 Å². The molecule has 0 saturated heterocycles. The normalized spacial score (nSPS) is 11.2. The van der Waals surface area contributed by atoms with Crippen molar-refractivity contribution in [2.45, 2.75) is 40.5 Å². The summed E-state index contributed by atoms with van der Waals surface area (Å²) in [5, 5.41) is 0. The van der Waals surface area contributed by atoms with Gasteiger partial charge in [-0.15, -0.1) is 0 Å². The minimum Gasteiger partial charge on any atom is -0.423 e. The van der Waals surface area contributed by atoms with E-state index in [1.165, 1.54) is 16.7 Å². The van der Waals surface area contributed by atoms with Crippen LogP contribution in [-0.4, -0.2) is 4.98 Å². The maximum atomic E-state index is 5.69. The molecule has 0 fully saturated rings. The highest BCUT2D eigenvalue weighted by Crippen LogP contribution is 2.34. The summed E-state index contributed by atoms with van der Waals surface area (Å²) in [5.74, 6) is 1.10. The third-order valence-corrected chi connectivity index (χ3v) is 3.52. The van der Waals surface area contributed by atoms with Crippen LogP contribution in [0, 0.1) is 20.8 Å². The van der Waals surface area contributed by atoms with Crippen molar-refractivity contribution < 1.29 is 4.42 Å². The van der Waals surface area contributed by atoms with Gasteiger partial charge in [0.2, 0.25) is 0 Å². The lowest BCUT2D eigenvalue weighted by atomic mass is 9.95. The summed E-state index contributed by atoms with van der Waals surface area (Å²) in [7, 11) is 0. The van der Waals surface area contributed by atoms with Crippen LogP contribution < -0.4 is 5.73 Å². The van der Waals surface area contributed by atoms with Crippen LogP contribution in [0.25, 0.3) is 11.3 Å². The minimum absolute atomic E-state index is 0.242. The number of oxazole rings is 1. The molecule has 3 heteroatoms. The van der Waals surface area contributed by atoms with E-state index in [1.54, 1.807) is 0 Å². The van der Waals surface area contributed by atoms with E-state index in [9.17, 15) is 0 Å². The molecule has 2 aromatic rings. The van der Waals surface area contributed by atoms with Crippen LogP contribution >= 0.6 is 0 Å². The number of rotatable bonds is 2. The Balaban J connectivity index is 2.66. The molecule has 2 N–H and O–H groups in total. The number of nitrogens with zero attached hydrogens (tertiary/aromatic N) is 1. The molecule has 0 aliphatic carbocycles. The zero-order valence-corrected chi connectivity index (χ0v) is 11.7. The monoisotopic (exact) mass is 244 g/mol. The molecule has 0 bridgehead atoms. The lowest BCUT2D eigenvalue weighted by Crippen LogP contribution is -1.95. The molecule has 0 atom stereocenters. The Morgan fingerprint density at radius 2 is 1.78 bits per heavy atom. The van der Waals surface area contributed by atoms with Crippen LogP contribution in [0.4, 0.5) is 6.01 Å². The Labute approximate surface area is 108 Å². The quantitative estimate of drug-likeness (QED) is 0.869. The largest absolute Gasteiger partial charge is 0.423 e. The fourth-order valence-electron chi connectivity index (χ4n) is 2.14. The molecule has 1 aromatic carbocycles. The average molecular weight is 244 g/mol. The van der Waals surface area contributed by atoms with Crippen LogP contribution in [0.1, 0.15) is 42.1 Å². The zero-order chi connectivity index (χ0) is 13.4. The predicted molar refractivity (Wildman–Crippen MR) is 74.7 cm³/mol. The van der Waals surface area contributed by atoms with Gasteiger partial charge in [0, 0.05) is 5.56 Å². The molecule has 18 heavy (non-hydrogen) atoms. The Kier molecular flexibility index (Phi) is 3.16. The van der Waals surface area contributed by atoms with Gasteiger partial charge in [0.1, 0.15) is 0 Å². The van der Waals surface area contributed by atoms with E-state index < -0.39 is 0 Å². The Morgan fingerprint density at radius 3 is 2.39 bits per heavy atom. The summed E-state index contributed by atoms with van der Waals surface area (Å²) in [6.07, 6.45) is 0. The smallest absolute Gasteiger partial charge is 0.292 e. The van der Waals surface area contributed by atoms with Gasteiger partial charge in [-0.25, -0.2) is 0 Å². The molecular formula is C15H20N2O. The van der Waals surface area contributed by atoms with Crippen molar-refractivity contribution in [3.05, 3.63) is 34.5 Å². The Hall–Kier alpha value is -1.77. The molecule has 1 heterocycles. The van der Waals surface area contributed by atoms with Crippen LogP contribution in [0.15, 0.2) is 16.5 Å². The van der Waals surface area contributed by atoms with Gasteiger partial charge < -0.3 is 10.2 Å². The number of nitrogens with two attached hydrogens (primary N) is 1. The molecule has 0 aliphatic rings. The van der Waals surface area contributed by atoms with Crippen molar-refractivity contribution in [2.24, 2.45) is 0 Å². The van der Waals surface area contributed by atoms with Crippen molar-refractivity contribution in [1.29, 1.82) is 0 Å². The summed E-state index contributed by atoms with van der Waals surface area (Å²) < 4.78 is 5.60. The Bertz CT molecular complexity index is 582. The first kappa shape index (κ1) is 12.7. The molecule has 0 saturated carbocycles. The number of aromatic nitrogens is 1. The van der Waals surface area contributed by atoms with Crippen molar-refractivity contribution >= 4 is 6.01 Å². The molecule has 3 nitrogen and oxygen atoms in total. The number of hydrogen-bond acceptors (Lipinski definition) is 3. The van der Waals surface area contributed by atoms with Gasteiger partial charge in [-0.2, -0.15) is 4.98 Å². The third kappa shape index (κ3) is 2.01. The highest BCUT2D eigenvalue weighted by atomic mass is 16.4. The van der Waals surface area contributed by atoms with E-state index >= 15 is 0 Å². The van der Waals surface area contributed by atoms with Gasteiger partial charge in [0.05, 0.1) is 5.69 Å². The van der Waals surface area contributed by atoms with Crippen molar-refractivity contribution in [2.75, 3.05) is 5.73 Å². The SMILES string of the molecule is Cc1ccc(-c2oc(N)nc2C(C)C)c(C)c1C. The summed E-state index contributed by atoms with van der Waals surface area (Å²) in [4.78, 5) is 4.29. The lowest BCUT2D eigenvalue weighted by Gasteiger charge is -2.11. The van der Waals surface area contributed by atoms with E-state index in [2.05, 4.69) is 51.7 Å². The molecule has 0 unspecified atom stereocenters. The van der Waals surface area contributed by atoms with E-state index in [0.717, 1.165) is 17.0 Å². The molecular weight excluding hydrogens is 224 g/mol. The van der Waals surface area contributed by atoms with E-state index in [4.69, 9.17) is 10.2 Å². The molecule has 0 aliphatic heterocycles. The topological polar surface area (TPSA) is 52.0 Å². The summed E-state index contributed by atoms with van der Waals surface area (Å²) >= 11 is 0. The molecule has 0 amide bonds. The molecule has 0 spiro atoms. The Morgan fingerprint density at radius 1 is 1.11 bits per heavy atom. The van der Waals surface area contributed by atoms with E-state index in [1.807, 2.05) is 0 Å². The minimum atomic E-state index is 0.242. The van der Waals surface area contributed by atoms with Gasteiger partial charge in [0.25, 0.3) is 6.01 Å². The van der Waals surface area contributed by atoms with E-state index in [-0.39, 0.29) is 6.01 Å². The van der Waals surface area contributed by atoms with Crippen molar-refractivity contribution in [3.8, 4) is 11.3 Å². The van der Waals surface area contributed by atoms with E-state index in [0.29, 0.717) is 5.92 Å². The van der Waals surface area contributed by atoms with Crippen LogP contribution in [0.5, 0.6) is 0 Å². The first-order chi connectivity index (χ1) is 8.41. The zero-order valence-electron chi connectivity index (χ0n) is 11.7. The average Bonchev–Trinajstić information content (AvgIpc) is 2.68. The molecule has 2 rings (SSSR count). The second-order valence-electron chi connectivity index (χ2n) is 5.10.